The van der Waals surface area contributed by atoms with Crippen LogP contribution in [0.5, 0.6) is 0 Å². The molecule has 0 spiro atoms. The first-order valence-electron chi connectivity index (χ1n) is 10.1. The summed E-state index contributed by atoms with van der Waals surface area (Å²) in [4.78, 5) is 13.5. The van der Waals surface area contributed by atoms with E-state index in [9.17, 15) is 13.2 Å². The molecule has 0 fully saturated rings. The normalized spacial score (nSPS) is 11.7. The van der Waals surface area contributed by atoms with Gasteiger partial charge < -0.3 is 0 Å². The number of benzene rings is 2. The van der Waals surface area contributed by atoms with Gasteiger partial charge in [0, 0.05) is 7.05 Å². The van der Waals surface area contributed by atoms with Crippen molar-refractivity contribution in [1.82, 2.24) is 9.78 Å². The predicted octanol–water partition coefficient (Wildman–Crippen LogP) is 4.33. The third kappa shape index (κ3) is 3.72. The van der Waals surface area contributed by atoms with Gasteiger partial charge in [0.1, 0.15) is 4.90 Å². The Morgan fingerprint density at radius 3 is 1.90 bits per heavy atom. The highest BCUT2D eigenvalue weighted by molar-refractivity contribution is 7.91. The van der Waals surface area contributed by atoms with E-state index in [1.165, 1.54) is 4.68 Å². The third-order valence-electron chi connectivity index (χ3n) is 5.42. The van der Waals surface area contributed by atoms with Gasteiger partial charge in [-0.1, -0.05) is 49.2 Å². The first kappa shape index (κ1) is 22.0. The van der Waals surface area contributed by atoms with E-state index in [0.29, 0.717) is 18.5 Å². The molecule has 0 saturated heterocycles. The summed E-state index contributed by atoms with van der Waals surface area (Å²) < 4.78 is 28.6. The van der Waals surface area contributed by atoms with E-state index < -0.39 is 15.4 Å². The molecule has 0 aliphatic heterocycles. The number of nitrogens with zero attached hydrogens (tertiary/aromatic N) is 2. The zero-order valence-electron chi connectivity index (χ0n) is 18.4. The molecule has 0 unspecified atom stereocenters. The van der Waals surface area contributed by atoms with E-state index in [-0.39, 0.29) is 15.4 Å². The van der Waals surface area contributed by atoms with E-state index in [4.69, 9.17) is 0 Å². The molecule has 0 radical (unpaired) electrons. The van der Waals surface area contributed by atoms with Crippen molar-refractivity contribution in [2.75, 3.05) is 0 Å². The minimum atomic E-state index is -3.94. The Morgan fingerprint density at radius 1 is 0.867 bits per heavy atom. The van der Waals surface area contributed by atoms with E-state index in [1.54, 1.807) is 38.2 Å². The number of hydrogen-bond donors (Lipinski definition) is 0. The summed E-state index contributed by atoms with van der Waals surface area (Å²) in [7, 11) is -2.38. The van der Waals surface area contributed by atoms with E-state index >= 15 is 0 Å². The summed E-state index contributed by atoms with van der Waals surface area (Å²) in [6, 6.07) is 10.8. The summed E-state index contributed by atoms with van der Waals surface area (Å²) in [6.45, 7) is 9.60. The lowest BCUT2D eigenvalue weighted by Crippen LogP contribution is -2.27. The molecule has 0 aliphatic carbocycles. The molecule has 6 heteroatoms. The largest absolute Gasteiger partial charge is 0.275 e. The first-order chi connectivity index (χ1) is 14.1. The van der Waals surface area contributed by atoms with Crippen LogP contribution in [0.4, 0.5) is 0 Å². The fourth-order valence-corrected chi connectivity index (χ4v) is 5.58. The number of aryl methyl sites for hydroxylation is 6. The van der Waals surface area contributed by atoms with Crippen molar-refractivity contribution >= 4 is 9.84 Å². The quantitative estimate of drug-likeness (QED) is 0.611. The number of sulfone groups is 1. The van der Waals surface area contributed by atoms with Gasteiger partial charge in [0.05, 0.1) is 16.2 Å². The molecule has 3 rings (SSSR count). The lowest BCUT2D eigenvalue weighted by Gasteiger charge is -2.19. The first-order valence-corrected chi connectivity index (χ1v) is 11.6. The minimum absolute atomic E-state index is 0.00251. The number of aromatic nitrogens is 2. The zero-order chi connectivity index (χ0) is 22.2. The van der Waals surface area contributed by atoms with Crippen LogP contribution in [0.25, 0.3) is 11.1 Å². The van der Waals surface area contributed by atoms with Crippen molar-refractivity contribution in [2.45, 2.75) is 57.3 Å². The molecule has 1 heterocycles. The van der Waals surface area contributed by atoms with Crippen molar-refractivity contribution in [3.63, 3.8) is 0 Å². The lowest BCUT2D eigenvalue weighted by molar-refractivity contribution is 0.591. The van der Waals surface area contributed by atoms with Crippen LogP contribution in [0.3, 0.4) is 0 Å². The van der Waals surface area contributed by atoms with Crippen LogP contribution < -0.4 is 5.56 Å². The molecule has 0 amide bonds. The maximum atomic E-state index is 13.7. The molecule has 1 aromatic heterocycles. The van der Waals surface area contributed by atoms with Crippen LogP contribution in [-0.4, -0.2) is 18.2 Å². The Morgan fingerprint density at radius 2 is 1.40 bits per heavy atom. The van der Waals surface area contributed by atoms with Gasteiger partial charge in [0.25, 0.3) is 5.56 Å². The average molecular weight is 425 g/mol. The smallest absolute Gasteiger partial charge is 0.267 e. The summed E-state index contributed by atoms with van der Waals surface area (Å²) in [6.07, 6.45) is 1.39. The molecule has 158 valence electrons. The standard InChI is InChI=1S/C24H28N2O3S/c1-7-18-13-16(4)14-19(8-2)21(18)22-23(17(5)25-26(6)24(22)27)30(28,29)20-11-9-15(3)10-12-20/h9-14H,7-8H2,1-6H3. The van der Waals surface area contributed by atoms with Crippen LogP contribution in [0.1, 0.15) is 41.8 Å². The number of hydrogen-bond acceptors (Lipinski definition) is 4. The monoisotopic (exact) mass is 424 g/mol. The van der Waals surface area contributed by atoms with E-state index in [0.717, 1.165) is 27.8 Å². The van der Waals surface area contributed by atoms with Gasteiger partial charge in [-0.2, -0.15) is 5.10 Å². The second-order valence-electron chi connectivity index (χ2n) is 7.70. The zero-order valence-corrected chi connectivity index (χ0v) is 19.2. The maximum Gasteiger partial charge on any atom is 0.275 e. The van der Waals surface area contributed by atoms with Crippen LogP contribution >= 0.6 is 0 Å². The van der Waals surface area contributed by atoms with Crippen molar-refractivity contribution < 1.29 is 8.42 Å². The third-order valence-corrected chi connectivity index (χ3v) is 7.35. The summed E-state index contributed by atoms with van der Waals surface area (Å²) in [5, 5.41) is 4.22. The summed E-state index contributed by atoms with van der Waals surface area (Å²) in [5.74, 6) is 0. The summed E-state index contributed by atoms with van der Waals surface area (Å²) >= 11 is 0. The van der Waals surface area contributed by atoms with Crippen LogP contribution in [-0.2, 0) is 29.7 Å². The Kier molecular flexibility index (Phi) is 5.99. The van der Waals surface area contributed by atoms with Crippen molar-refractivity contribution in [3.8, 4) is 11.1 Å². The molecular formula is C24H28N2O3S. The number of rotatable bonds is 5. The molecule has 5 nitrogen and oxygen atoms in total. The molecular weight excluding hydrogens is 396 g/mol. The van der Waals surface area contributed by atoms with Crippen molar-refractivity contribution in [3.05, 3.63) is 74.7 Å². The van der Waals surface area contributed by atoms with Gasteiger partial charge in [-0.05, 0) is 62.4 Å². The highest BCUT2D eigenvalue weighted by Crippen LogP contribution is 2.36. The maximum absolute atomic E-state index is 13.7. The van der Waals surface area contributed by atoms with Crippen molar-refractivity contribution in [1.29, 1.82) is 0 Å². The van der Waals surface area contributed by atoms with E-state index in [2.05, 4.69) is 5.10 Å². The lowest BCUT2D eigenvalue weighted by atomic mass is 9.90. The molecule has 0 aliphatic rings. The van der Waals surface area contributed by atoms with Gasteiger partial charge >= 0.3 is 0 Å². The Hall–Kier alpha value is -2.73. The van der Waals surface area contributed by atoms with Crippen molar-refractivity contribution in [2.24, 2.45) is 7.05 Å². The van der Waals surface area contributed by atoms with Gasteiger partial charge in [0.15, 0.2) is 0 Å². The predicted molar refractivity (Wildman–Crippen MR) is 120 cm³/mol. The topological polar surface area (TPSA) is 69.0 Å². The second-order valence-corrected chi connectivity index (χ2v) is 9.59. The average Bonchev–Trinajstić information content (AvgIpc) is 2.70. The van der Waals surface area contributed by atoms with Gasteiger partial charge in [-0.3, -0.25) is 4.79 Å². The SMILES string of the molecule is CCc1cc(C)cc(CC)c1-c1c(S(=O)(=O)c2ccc(C)cc2)c(C)nn(C)c1=O. The van der Waals surface area contributed by atoms with Crippen LogP contribution in [0, 0.1) is 20.8 Å². The van der Waals surface area contributed by atoms with Crippen LogP contribution in [0.2, 0.25) is 0 Å². The van der Waals surface area contributed by atoms with Gasteiger partial charge in [0.2, 0.25) is 9.84 Å². The Labute approximate surface area is 178 Å². The highest BCUT2D eigenvalue weighted by atomic mass is 32.2. The van der Waals surface area contributed by atoms with Crippen LogP contribution in [0.15, 0.2) is 51.0 Å². The molecule has 30 heavy (non-hydrogen) atoms. The fraction of sp³-hybridized carbons (Fsp3) is 0.333. The molecule has 0 bridgehead atoms. The Bertz CT molecular complexity index is 1250. The van der Waals surface area contributed by atoms with Gasteiger partial charge in [-0.25, -0.2) is 13.1 Å². The molecule has 2 aromatic carbocycles. The molecule has 3 aromatic rings. The second kappa shape index (κ2) is 8.19. The van der Waals surface area contributed by atoms with E-state index in [1.807, 2.05) is 39.8 Å². The highest BCUT2D eigenvalue weighted by Gasteiger charge is 2.30. The fourth-order valence-electron chi connectivity index (χ4n) is 3.96. The van der Waals surface area contributed by atoms with Gasteiger partial charge in [-0.15, -0.1) is 0 Å². The molecule has 0 saturated carbocycles. The Balaban J connectivity index is 2.50. The minimum Gasteiger partial charge on any atom is -0.267 e. The molecule has 0 N–H and O–H groups in total. The molecule has 0 atom stereocenters. The summed E-state index contributed by atoms with van der Waals surface area (Å²) in [5.41, 5.74) is 4.86.